The zero-order chi connectivity index (χ0) is 19.5. The maximum absolute atomic E-state index is 9.16. The number of anilines is 2. The van der Waals surface area contributed by atoms with E-state index in [1.54, 1.807) is 11.8 Å². The fourth-order valence-corrected chi connectivity index (χ4v) is 4.00. The quantitative estimate of drug-likeness (QED) is 0.501. The topological polar surface area (TPSA) is 46.9 Å². The SMILES string of the molecule is OCCN(CCO)c1ccc(Sc2ccc(N(CCCl)CCCl)cc2)cc1. The largest absolute Gasteiger partial charge is 0.395 e. The van der Waals surface area contributed by atoms with Crippen molar-refractivity contribution in [2.75, 3.05) is 61.0 Å². The van der Waals surface area contributed by atoms with Crippen molar-refractivity contribution < 1.29 is 10.2 Å². The zero-order valence-electron chi connectivity index (χ0n) is 15.2. The third-order valence-corrected chi connectivity index (χ3v) is 5.44. The minimum Gasteiger partial charge on any atom is -0.395 e. The molecule has 4 nitrogen and oxygen atoms in total. The van der Waals surface area contributed by atoms with Gasteiger partial charge in [-0.25, -0.2) is 0 Å². The van der Waals surface area contributed by atoms with E-state index in [0.717, 1.165) is 34.3 Å². The molecule has 7 heteroatoms. The minimum atomic E-state index is 0.0628. The summed E-state index contributed by atoms with van der Waals surface area (Å²) in [5.74, 6) is 1.15. The number of aliphatic hydroxyl groups excluding tert-OH is 2. The van der Waals surface area contributed by atoms with Gasteiger partial charge in [-0.2, -0.15) is 0 Å². The Morgan fingerprint density at radius 3 is 1.33 bits per heavy atom. The van der Waals surface area contributed by atoms with E-state index in [1.807, 2.05) is 17.0 Å². The van der Waals surface area contributed by atoms with E-state index in [2.05, 4.69) is 41.3 Å². The number of rotatable bonds is 12. The first kappa shape index (κ1) is 22.2. The van der Waals surface area contributed by atoms with Gasteiger partial charge in [0.25, 0.3) is 0 Å². The van der Waals surface area contributed by atoms with Crippen LogP contribution in [0.2, 0.25) is 0 Å². The first-order valence-corrected chi connectivity index (χ1v) is 10.8. The molecule has 2 aromatic carbocycles. The summed E-state index contributed by atoms with van der Waals surface area (Å²) in [5.41, 5.74) is 2.12. The first-order chi connectivity index (χ1) is 13.2. The molecule has 0 atom stereocenters. The summed E-state index contributed by atoms with van der Waals surface area (Å²) >= 11 is 13.4. The van der Waals surface area contributed by atoms with Crippen LogP contribution in [0, 0.1) is 0 Å². The molecule has 0 bridgehead atoms. The highest BCUT2D eigenvalue weighted by Crippen LogP contribution is 2.30. The van der Waals surface area contributed by atoms with E-state index < -0.39 is 0 Å². The molecule has 0 fully saturated rings. The maximum Gasteiger partial charge on any atom is 0.0606 e. The fraction of sp³-hybridized carbons (Fsp3) is 0.400. The van der Waals surface area contributed by atoms with Gasteiger partial charge in [0, 0.05) is 59.1 Å². The molecule has 2 N–H and O–H groups in total. The molecule has 0 aliphatic heterocycles. The van der Waals surface area contributed by atoms with Gasteiger partial charge in [0.05, 0.1) is 13.2 Å². The molecular formula is C20H26Cl2N2O2S. The van der Waals surface area contributed by atoms with Gasteiger partial charge < -0.3 is 20.0 Å². The van der Waals surface area contributed by atoms with Crippen LogP contribution in [0.3, 0.4) is 0 Å². The zero-order valence-corrected chi connectivity index (χ0v) is 17.6. The fourth-order valence-electron chi connectivity index (χ4n) is 2.77. The van der Waals surface area contributed by atoms with Crippen molar-refractivity contribution in [3.8, 4) is 0 Å². The molecule has 0 spiro atoms. The summed E-state index contributed by atoms with van der Waals surface area (Å²) in [4.78, 5) is 6.44. The predicted molar refractivity (Wildman–Crippen MR) is 117 cm³/mol. The highest BCUT2D eigenvalue weighted by molar-refractivity contribution is 7.99. The number of hydrogen-bond acceptors (Lipinski definition) is 5. The molecule has 0 aromatic heterocycles. The lowest BCUT2D eigenvalue weighted by Gasteiger charge is -2.23. The van der Waals surface area contributed by atoms with E-state index >= 15 is 0 Å². The van der Waals surface area contributed by atoms with Crippen LogP contribution in [0.4, 0.5) is 11.4 Å². The standard InChI is InChI=1S/C20H26Cl2N2O2S/c21-9-11-23(12-10-22)17-1-5-19(6-2-17)27-20-7-3-18(4-8-20)24(13-15-25)14-16-26/h1-8,25-26H,9-16H2. The molecule has 0 aliphatic rings. The Morgan fingerprint density at radius 2 is 1.00 bits per heavy atom. The normalized spacial score (nSPS) is 10.8. The van der Waals surface area contributed by atoms with Crippen molar-refractivity contribution in [3.63, 3.8) is 0 Å². The van der Waals surface area contributed by atoms with Crippen LogP contribution in [0.5, 0.6) is 0 Å². The Kier molecular flexibility index (Phi) is 10.2. The second kappa shape index (κ2) is 12.4. The second-order valence-electron chi connectivity index (χ2n) is 5.89. The van der Waals surface area contributed by atoms with Crippen molar-refractivity contribution in [1.82, 2.24) is 0 Å². The minimum absolute atomic E-state index is 0.0628. The van der Waals surface area contributed by atoms with Crippen LogP contribution in [-0.4, -0.2) is 61.4 Å². The highest BCUT2D eigenvalue weighted by atomic mass is 35.5. The Bertz CT molecular complexity index is 587. The van der Waals surface area contributed by atoms with Crippen molar-refractivity contribution in [2.24, 2.45) is 0 Å². The van der Waals surface area contributed by atoms with Gasteiger partial charge >= 0.3 is 0 Å². The molecule has 0 amide bonds. The van der Waals surface area contributed by atoms with E-state index in [0.29, 0.717) is 24.8 Å². The third kappa shape index (κ3) is 7.09. The van der Waals surface area contributed by atoms with Gasteiger partial charge in [0.15, 0.2) is 0 Å². The Balaban J connectivity index is 2.02. The van der Waals surface area contributed by atoms with Crippen molar-refractivity contribution in [3.05, 3.63) is 48.5 Å². The lowest BCUT2D eigenvalue weighted by molar-refractivity contribution is 0.281. The molecule has 0 radical (unpaired) electrons. The number of halogens is 2. The average molecular weight is 429 g/mol. The lowest BCUT2D eigenvalue weighted by Crippen LogP contribution is -2.29. The summed E-state index contributed by atoms with van der Waals surface area (Å²) in [5, 5.41) is 18.3. The number of benzene rings is 2. The molecule has 0 heterocycles. The van der Waals surface area contributed by atoms with Crippen LogP contribution in [-0.2, 0) is 0 Å². The molecule has 2 aromatic rings. The first-order valence-electron chi connectivity index (χ1n) is 8.93. The third-order valence-electron chi connectivity index (χ3n) is 4.09. The van der Waals surface area contributed by atoms with Gasteiger partial charge in [-0.15, -0.1) is 23.2 Å². The van der Waals surface area contributed by atoms with Gasteiger partial charge in [-0.3, -0.25) is 0 Å². The Labute approximate surface area is 175 Å². The summed E-state index contributed by atoms with van der Waals surface area (Å²) in [6, 6.07) is 16.6. The smallest absolute Gasteiger partial charge is 0.0606 e. The highest BCUT2D eigenvalue weighted by Gasteiger charge is 2.07. The average Bonchev–Trinajstić information content (AvgIpc) is 2.69. The molecule has 148 valence electrons. The van der Waals surface area contributed by atoms with E-state index in [1.165, 1.54) is 0 Å². The van der Waals surface area contributed by atoms with Gasteiger partial charge in [0.1, 0.15) is 0 Å². The van der Waals surface area contributed by atoms with E-state index in [-0.39, 0.29) is 13.2 Å². The van der Waals surface area contributed by atoms with Crippen LogP contribution in [0.1, 0.15) is 0 Å². The lowest BCUT2D eigenvalue weighted by atomic mass is 10.3. The Hall–Kier alpha value is -1.11. The van der Waals surface area contributed by atoms with Crippen molar-refractivity contribution >= 4 is 46.3 Å². The summed E-state index contributed by atoms with van der Waals surface area (Å²) in [6.45, 7) is 2.70. The van der Waals surface area contributed by atoms with Crippen LogP contribution >= 0.6 is 35.0 Å². The summed E-state index contributed by atoms with van der Waals surface area (Å²) < 4.78 is 0. The number of aliphatic hydroxyl groups is 2. The molecule has 2 rings (SSSR count). The molecule has 0 aliphatic carbocycles. The van der Waals surface area contributed by atoms with Crippen molar-refractivity contribution in [1.29, 1.82) is 0 Å². The molecular weight excluding hydrogens is 403 g/mol. The van der Waals surface area contributed by atoms with Crippen LogP contribution in [0.15, 0.2) is 58.3 Å². The Morgan fingerprint density at radius 1 is 0.630 bits per heavy atom. The van der Waals surface area contributed by atoms with Gasteiger partial charge in [-0.05, 0) is 48.5 Å². The second-order valence-corrected chi connectivity index (χ2v) is 7.79. The van der Waals surface area contributed by atoms with Gasteiger partial charge in [0.2, 0.25) is 0 Å². The maximum atomic E-state index is 9.16. The van der Waals surface area contributed by atoms with E-state index in [4.69, 9.17) is 33.4 Å². The van der Waals surface area contributed by atoms with Gasteiger partial charge in [-0.1, -0.05) is 11.8 Å². The number of hydrogen-bond donors (Lipinski definition) is 2. The van der Waals surface area contributed by atoms with E-state index in [9.17, 15) is 0 Å². The molecule has 0 unspecified atom stereocenters. The van der Waals surface area contributed by atoms with Crippen molar-refractivity contribution in [2.45, 2.75) is 9.79 Å². The molecule has 0 saturated carbocycles. The molecule has 0 saturated heterocycles. The number of alkyl halides is 2. The van der Waals surface area contributed by atoms with Crippen LogP contribution in [0.25, 0.3) is 0 Å². The predicted octanol–water partition coefficient (Wildman–Crippen LogP) is 3.91. The molecule has 27 heavy (non-hydrogen) atoms. The summed E-state index contributed by atoms with van der Waals surface area (Å²) in [6.07, 6.45) is 0. The summed E-state index contributed by atoms with van der Waals surface area (Å²) in [7, 11) is 0. The number of nitrogens with zero attached hydrogens (tertiary/aromatic N) is 2. The monoisotopic (exact) mass is 428 g/mol. The van der Waals surface area contributed by atoms with Crippen LogP contribution < -0.4 is 9.80 Å².